The van der Waals surface area contributed by atoms with E-state index < -0.39 is 21.1 Å². The molecule has 1 aliphatic heterocycles. The Morgan fingerprint density at radius 3 is 2.74 bits per heavy atom. The molecule has 1 aromatic heterocycles. The van der Waals surface area contributed by atoms with Crippen LogP contribution in [-0.2, 0) is 10.0 Å². The van der Waals surface area contributed by atoms with Gasteiger partial charge in [-0.1, -0.05) is 0 Å². The van der Waals surface area contributed by atoms with Crippen LogP contribution in [0.1, 0.15) is 12.8 Å². The third-order valence-electron chi connectivity index (χ3n) is 3.34. The Kier molecular flexibility index (Phi) is 4.05. The van der Waals surface area contributed by atoms with Gasteiger partial charge in [0.25, 0.3) is 0 Å². The minimum atomic E-state index is -3.26. The molecule has 0 bridgehead atoms. The molecule has 0 amide bonds. The van der Waals surface area contributed by atoms with E-state index in [1.54, 1.807) is 20.2 Å². The molecule has 0 aliphatic carbocycles. The lowest BCUT2D eigenvalue weighted by molar-refractivity contribution is 0.477. The van der Waals surface area contributed by atoms with E-state index in [1.165, 1.54) is 10.4 Å². The van der Waals surface area contributed by atoms with E-state index in [-0.39, 0.29) is 0 Å². The lowest BCUT2D eigenvalue weighted by Crippen LogP contribution is -2.46. The van der Waals surface area contributed by atoms with Crippen molar-refractivity contribution in [3.05, 3.63) is 24.1 Å². The van der Waals surface area contributed by atoms with Crippen molar-refractivity contribution in [1.29, 1.82) is 0 Å². The zero-order valence-corrected chi connectivity index (χ0v) is 11.9. The second kappa shape index (κ2) is 5.42. The summed E-state index contributed by atoms with van der Waals surface area (Å²) in [5.74, 6) is 0.235. The fourth-order valence-electron chi connectivity index (χ4n) is 2.24. The largest absolute Gasteiger partial charge is 0.355 e. The average molecular weight is 287 g/mol. The number of nitrogens with zero attached hydrogens (tertiary/aromatic N) is 3. The molecule has 106 valence electrons. The van der Waals surface area contributed by atoms with Gasteiger partial charge in [-0.2, -0.15) is 0 Å². The third-order valence-corrected chi connectivity index (χ3v) is 5.59. The number of sulfonamides is 1. The topological polar surface area (TPSA) is 53.5 Å². The van der Waals surface area contributed by atoms with Crippen LogP contribution >= 0.6 is 0 Å². The number of halogens is 1. The van der Waals surface area contributed by atoms with Gasteiger partial charge in [0.05, 0.1) is 11.4 Å². The van der Waals surface area contributed by atoms with E-state index >= 15 is 0 Å². The molecule has 1 atom stereocenters. The van der Waals surface area contributed by atoms with E-state index in [2.05, 4.69) is 4.98 Å². The van der Waals surface area contributed by atoms with E-state index in [0.717, 1.165) is 19.2 Å². The number of hydrogen-bond acceptors (Lipinski definition) is 4. The molecule has 1 aromatic rings. The summed E-state index contributed by atoms with van der Waals surface area (Å²) in [5.41, 5.74) is 0. The van der Waals surface area contributed by atoms with E-state index in [9.17, 15) is 12.8 Å². The summed E-state index contributed by atoms with van der Waals surface area (Å²) < 4.78 is 38.4. The smallest absolute Gasteiger partial charge is 0.218 e. The lowest BCUT2D eigenvalue weighted by atomic mass is 10.1. The zero-order chi connectivity index (χ0) is 14.0. The van der Waals surface area contributed by atoms with Gasteiger partial charge in [-0.25, -0.2) is 22.1 Å². The number of anilines is 1. The molecule has 0 saturated carbocycles. The van der Waals surface area contributed by atoms with Crippen LogP contribution in [0.25, 0.3) is 0 Å². The van der Waals surface area contributed by atoms with Crippen molar-refractivity contribution in [2.75, 3.05) is 32.1 Å². The molecular formula is C12H18FN3O2S. The summed E-state index contributed by atoms with van der Waals surface area (Å²) in [6.45, 7) is 1.15. The summed E-state index contributed by atoms with van der Waals surface area (Å²) in [6, 6.07) is 2.92. The predicted molar refractivity (Wildman–Crippen MR) is 72.0 cm³/mol. The van der Waals surface area contributed by atoms with Crippen molar-refractivity contribution in [2.45, 2.75) is 18.1 Å². The Hall–Kier alpha value is -1.21. The first-order chi connectivity index (χ1) is 8.91. The number of rotatable bonds is 3. The van der Waals surface area contributed by atoms with Crippen molar-refractivity contribution in [3.63, 3.8) is 0 Å². The maximum absolute atomic E-state index is 12.8. The molecule has 0 N–H and O–H groups in total. The van der Waals surface area contributed by atoms with Gasteiger partial charge in [-0.15, -0.1) is 0 Å². The van der Waals surface area contributed by atoms with Crippen LogP contribution in [0.15, 0.2) is 18.3 Å². The SMILES string of the molecule is CN(C)S(=O)(=O)C1CCCN(c2ccc(F)cn2)C1. The first-order valence-corrected chi connectivity index (χ1v) is 7.69. The minimum Gasteiger partial charge on any atom is -0.355 e. The highest BCUT2D eigenvalue weighted by molar-refractivity contribution is 7.89. The molecule has 0 radical (unpaired) electrons. The molecule has 1 fully saturated rings. The average Bonchev–Trinajstić information content (AvgIpc) is 2.39. The van der Waals surface area contributed by atoms with Crippen LogP contribution in [0.2, 0.25) is 0 Å². The first kappa shape index (κ1) is 14.2. The van der Waals surface area contributed by atoms with Crippen LogP contribution in [0.5, 0.6) is 0 Å². The lowest BCUT2D eigenvalue weighted by Gasteiger charge is -2.34. The molecule has 5 nitrogen and oxygen atoms in total. The molecule has 2 rings (SSSR count). The van der Waals surface area contributed by atoms with Crippen LogP contribution < -0.4 is 4.90 Å². The van der Waals surface area contributed by atoms with Gasteiger partial charge in [-0.05, 0) is 25.0 Å². The fourth-order valence-corrected chi connectivity index (χ4v) is 3.67. The van der Waals surface area contributed by atoms with Gasteiger partial charge < -0.3 is 4.90 Å². The Bertz CT molecular complexity index is 530. The summed E-state index contributed by atoms with van der Waals surface area (Å²) in [4.78, 5) is 5.90. The van der Waals surface area contributed by atoms with Crippen molar-refractivity contribution < 1.29 is 12.8 Å². The molecular weight excluding hydrogens is 269 g/mol. The van der Waals surface area contributed by atoms with Gasteiger partial charge in [0.15, 0.2) is 0 Å². The molecule has 7 heteroatoms. The molecule has 0 spiro atoms. The van der Waals surface area contributed by atoms with Crippen molar-refractivity contribution >= 4 is 15.8 Å². The Labute approximate surface area is 113 Å². The van der Waals surface area contributed by atoms with E-state index in [4.69, 9.17) is 0 Å². The Morgan fingerprint density at radius 1 is 1.42 bits per heavy atom. The van der Waals surface area contributed by atoms with E-state index in [0.29, 0.717) is 18.8 Å². The van der Waals surface area contributed by atoms with Gasteiger partial charge in [-0.3, -0.25) is 0 Å². The molecule has 19 heavy (non-hydrogen) atoms. The first-order valence-electron chi connectivity index (χ1n) is 6.19. The van der Waals surface area contributed by atoms with Gasteiger partial charge in [0.1, 0.15) is 11.6 Å². The number of hydrogen-bond donors (Lipinski definition) is 0. The quantitative estimate of drug-likeness (QED) is 0.835. The fraction of sp³-hybridized carbons (Fsp3) is 0.583. The maximum atomic E-state index is 12.8. The summed E-state index contributed by atoms with van der Waals surface area (Å²) in [5, 5.41) is -0.428. The molecule has 1 unspecified atom stereocenters. The second-order valence-corrected chi connectivity index (χ2v) is 7.30. The number of aromatic nitrogens is 1. The third kappa shape index (κ3) is 3.03. The molecule has 1 aliphatic rings. The number of piperidine rings is 1. The Balaban J connectivity index is 2.16. The maximum Gasteiger partial charge on any atom is 0.218 e. The van der Waals surface area contributed by atoms with Crippen LogP contribution in [0, 0.1) is 5.82 Å². The molecule has 1 saturated heterocycles. The zero-order valence-electron chi connectivity index (χ0n) is 11.1. The molecule has 2 heterocycles. The minimum absolute atomic E-state index is 0.391. The van der Waals surface area contributed by atoms with Gasteiger partial charge >= 0.3 is 0 Å². The normalized spacial score (nSPS) is 20.8. The second-order valence-electron chi connectivity index (χ2n) is 4.87. The van der Waals surface area contributed by atoms with Crippen LogP contribution in [0.4, 0.5) is 10.2 Å². The van der Waals surface area contributed by atoms with E-state index in [1.807, 2.05) is 4.90 Å². The monoisotopic (exact) mass is 287 g/mol. The summed E-state index contributed by atoms with van der Waals surface area (Å²) in [6.07, 6.45) is 2.59. The van der Waals surface area contributed by atoms with Crippen molar-refractivity contribution in [2.24, 2.45) is 0 Å². The van der Waals surface area contributed by atoms with Gasteiger partial charge in [0.2, 0.25) is 10.0 Å². The van der Waals surface area contributed by atoms with Crippen LogP contribution in [-0.4, -0.2) is 50.1 Å². The highest BCUT2D eigenvalue weighted by Crippen LogP contribution is 2.22. The molecule has 0 aromatic carbocycles. The number of pyridine rings is 1. The predicted octanol–water partition coefficient (Wildman–Crippen LogP) is 1.08. The highest BCUT2D eigenvalue weighted by atomic mass is 32.2. The highest BCUT2D eigenvalue weighted by Gasteiger charge is 2.32. The van der Waals surface area contributed by atoms with Gasteiger partial charge in [0, 0.05) is 27.2 Å². The van der Waals surface area contributed by atoms with Crippen molar-refractivity contribution in [1.82, 2.24) is 9.29 Å². The standard InChI is InChI=1S/C12H18FN3O2S/c1-15(2)19(17,18)11-4-3-7-16(9-11)12-6-5-10(13)8-14-12/h5-6,8,11H,3-4,7,9H2,1-2H3. The summed E-state index contributed by atoms with van der Waals surface area (Å²) in [7, 11) is -0.167. The van der Waals surface area contributed by atoms with Crippen LogP contribution in [0.3, 0.4) is 0 Å². The summed E-state index contributed by atoms with van der Waals surface area (Å²) >= 11 is 0. The van der Waals surface area contributed by atoms with Crippen molar-refractivity contribution in [3.8, 4) is 0 Å². The Morgan fingerprint density at radius 2 is 2.16 bits per heavy atom.